The van der Waals surface area contributed by atoms with E-state index in [2.05, 4.69) is 56.1 Å². The minimum absolute atomic E-state index is 0.571. The van der Waals surface area contributed by atoms with Crippen molar-refractivity contribution in [1.29, 1.82) is 0 Å². The van der Waals surface area contributed by atoms with E-state index in [9.17, 15) is 0 Å². The maximum absolute atomic E-state index is 3.58. The van der Waals surface area contributed by atoms with Gasteiger partial charge in [0.05, 0.1) is 0 Å². The molecule has 1 fully saturated rings. The van der Waals surface area contributed by atoms with Crippen molar-refractivity contribution in [2.24, 2.45) is 0 Å². The molecule has 0 bridgehead atoms. The summed E-state index contributed by atoms with van der Waals surface area (Å²) in [5, 5.41) is 3.58. The van der Waals surface area contributed by atoms with Gasteiger partial charge < -0.3 is 10.2 Å². The van der Waals surface area contributed by atoms with Crippen LogP contribution in [0.1, 0.15) is 31.4 Å². The summed E-state index contributed by atoms with van der Waals surface area (Å²) in [7, 11) is 0. The summed E-state index contributed by atoms with van der Waals surface area (Å²) in [5.41, 5.74) is 4.10. The van der Waals surface area contributed by atoms with Gasteiger partial charge in [0, 0.05) is 30.9 Å². The molecule has 0 aliphatic carbocycles. The van der Waals surface area contributed by atoms with Crippen LogP contribution in [0.25, 0.3) is 0 Å². The largest absolute Gasteiger partial charge is 0.367 e. The van der Waals surface area contributed by atoms with Crippen molar-refractivity contribution in [3.8, 4) is 0 Å². The Labute approximate surface area is 105 Å². The summed E-state index contributed by atoms with van der Waals surface area (Å²) in [6.07, 6.45) is 1.22. The molecule has 0 aromatic heterocycles. The number of nitrogens with one attached hydrogen (secondary N) is 1. The second-order valence-corrected chi connectivity index (χ2v) is 5.49. The van der Waals surface area contributed by atoms with Crippen molar-refractivity contribution in [3.63, 3.8) is 0 Å². The third kappa shape index (κ3) is 3.01. The standard InChI is InChI=1S/C15H24N2/c1-11-7-12(2)9-15(8-11)17-6-5-13(3)16-10-14(17)4/h7-9,13-14,16H,5-6,10H2,1-4H3. The molecule has 17 heavy (non-hydrogen) atoms. The van der Waals surface area contributed by atoms with E-state index in [-0.39, 0.29) is 0 Å². The highest BCUT2D eigenvalue weighted by molar-refractivity contribution is 5.52. The fourth-order valence-electron chi connectivity index (χ4n) is 2.64. The molecule has 0 amide bonds. The number of rotatable bonds is 1. The summed E-state index contributed by atoms with van der Waals surface area (Å²) in [5.74, 6) is 0. The number of anilines is 1. The minimum atomic E-state index is 0.571. The Bertz CT molecular complexity index is 366. The average Bonchev–Trinajstić information content (AvgIpc) is 2.40. The van der Waals surface area contributed by atoms with Crippen LogP contribution >= 0.6 is 0 Å². The lowest BCUT2D eigenvalue weighted by Crippen LogP contribution is -2.38. The van der Waals surface area contributed by atoms with Crippen molar-refractivity contribution >= 4 is 5.69 Å². The van der Waals surface area contributed by atoms with Gasteiger partial charge in [-0.05, 0) is 57.4 Å². The molecular formula is C15H24N2. The summed E-state index contributed by atoms with van der Waals surface area (Å²) in [6.45, 7) is 11.2. The van der Waals surface area contributed by atoms with Gasteiger partial charge in [0.25, 0.3) is 0 Å². The van der Waals surface area contributed by atoms with Crippen molar-refractivity contribution in [2.75, 3.05) is 18.0 Å². The van der Waals surface area contributed by atoms with Crippen LogP contribution in [0.5, 0.6) is 0 Å². The zero-order chi connectivity index (χ0) is 12.4. The summed E-state index contributed by atoms with van der Waals surface area (Å²) in [4.78, 5) is 2.54. The van der Waals surface area contributed by atoms with Crippen LogP contribution in [0.4, 0.5) is 5.69 Å². The fraction of sp³-hybridized carbons (Fsp3) is 0.600. The quantitative estimate of drug-likeness (QED) is 0.801. The van der Waals surface area contributed by atoms with Crippen molar-refractivity contribution < 1.29 is 0 Å². The van der Waals surface area contributed by atoms with Gasteiger partial charge in [0.15, 0.2) is 0 Å². The predicted octanol–water partition coefficient (Wildman–Crippen LogP) is 2.88. The van der Waals surface area contributed by atoms with Crippen molar-refractivity contribution in [1.82, 2.24) is 5.32 Å². The average molecular weight is 232 g/mol. The Kier molecular flexibility index (Phi) is 3.72. The van der Waals surface area contributed by atoms with E-state index in [0.29, 0.717) is 12.1 Å². The van der Waals surface area contributed by atoms with Crippen molar-refractivity contribution in [3.05, 3.63) is 29.3 Å². The van der Waals surface area contributed by atoms with Crippen LogP contribution in [-0.4, -0.2) is 25.2 Å². The summed E-state index contributed by atoms with van der Waals surface area (Å²) >= 11 is 0. The van der Waals surface area contributed by atoms with Crippen LogP contribution in [0.3, 0.4) is 0 Å². The van der Waals surface area contributed by atoms with Gasteiger partial charge in [0.1, 0.15) is 0 Å². The number of hydrogen-bond acceptors (Lipinski definition) is 2. The molecule has 0 saturated carbocycles. The summed E-state index contributed by atoms with van der Waals surface area (Å²) < 4.78 is 0. The van der Waals surface area contributed by atoms with Crippen molar-refractivity contribution in [2.45, 2.75) is 46.2 Å². The molecule has 2 atom stereocenters. The van der Waals surface area contributed by atoms with E-state index in [1.54, 1.807) is 0 Å². The van der Waals surface area contributed by atoms with Gasteiger partial charge >= 0.3 is 0 Å². The molecule has 2 nitrogen and oxygen atoms in total. The first-order valence-electron chi connectivity index (χ1n) is 6.64. The Morgan fingerprint density at radius 2 is 1.76 bits per heavy atom. The van der Waals surface area contributed by atoms with E-state index >= 15 is 0 Å². The minimum Gasteiger partial charge on any atom is -0.367 e. The van der Waals surface area contributed by atoms with Gasteiger partial charge in [-0.2, -0.15) is 0 Å². The predicted molar refractivity (Wildman–Crippen MR) is 74.8 cm³/mol. The topological polar surface area (TPSA) is 15.3 Å². The molecule has 1 aliphatic heterocycles. The lowest BCUT2D eigenvalue weighted by molar-refractivity contribution is 0.548. The molecule has 1 aromatic carbocycles. The van der Waals surface area contributed by atoms with Crippen LogP contribution in [0.15, 0.2) is 18.2 Å². The van der Waals surface area contributed by atoms with Gasteiger partial charge in [0.2, 0.25) is 0 Å². The molecule has 1 heterocycles. The molecular weight excluding hydrogens is 208 g/mol. The zero-order valence-electron chi connectivity index (χ0n) is 11.5. The third-order valence-electron chi connectivity index (χ3n) is 3.63. The van der Waals surface area contributed by atoms with Crippen LogP contribution < -0.4 is 10.2 Å². The lowest BCUT2D eigenvalue weighted by Gasteiger charge is -2.29. The molecule has 2 heteroatoms. The maximum Gasteiger partial charge on any atom is 0.0386 e. The third-order valence-corrected chi connectivity index (χ3v) is 3.63. The highest BCUT2D eigenvalue weighted by Crippen LogP contribution is 2.22. The first kappa shape index (κ1) is 12.4. The normalized spacial score (nSPS) is 25.8. The Balaban J connectivity index is 2.24. The molecule has 0 radical (unpaired) electrons. The number of aryl methyl sites for hydroxylation is 2. The molecule has 2 unspecified atom stereocenters. The lowest BCUT2D eigenvalue weighted by atomic mass is 10.1. The smallest absolute Gasteiger partial charge is 0.0386 e. The molecule has 1 aromatic rings. The van der Waals surface area contributed by atoms with Gasteiger partial charge in [-0.1, -0.05) is 6.07 Å². The van der Waals surface area contributed by atoms with Gasteiger partial charge in [-0.3, -0.25) is 0 Å². The Morgan fingerprint density at radius 1 is 1.12 bits per heavy atom. The molecule has 1 saturated heterocycles. The number of benzene rings is 1. The highest BCUT2D eigenvalue weighted by atomic mass is 15.2. The van der Waals surface area contributed by atoms with Crippen LogP contribution in [-0.2, 0) is 0 Å². The van der Waals surface area contributed by atoms with Gasteiger partial charge in [-0.15, -0.1) is 0 Å². The maximum atomic E-state index is 3.58. The first-order chi connectivity index (χ1) is 8.06. The number of nitrogens with zero attached hydrogens (tertiary/aromatic N) is 1. The molecule has 94 valence electrons. The number of hydrogen-bond donors (Lipinski definition) is 1. The van der Waals surface area contributed by atoms with E-state index < -0.39 is 0 Å². The first-order valence-corrected chi connectivity index (χ1v) is 6.64. The monoisotopic (exact) mass is 232 g/mol. The van der Waals surface area contributed by atoms with E-state index in [4.69, 9.17) is 0 Å². The van der Waals surface area contributed by atoms with Crippen LogP contribution in [0.2, 0.25) is 0 Å². The highest BCUT2D eigenvalue weighted by Gasteiger charge is 2.20. The summed E-state index contributed by atoms with van der Waals surface area (Å²) in [6, 6.07) is 8.06. The van der Waals surface area contributed by atoms with E-state index in [0.717, 1.165) is 13.1 Å². The Hall–Kier alpha value is -1.02. The van der Waals surface area contributed by atoms with Gasteiger partial charge in [-0.25, -0.2) is 0 Å². The molecule has 2 rings (SSSR count). The zero-order valence-corrected chi connectivity index (χ0v) is 11.5. The van der Waals surface area contributed by atoms with Crippen LogP contribution in [0, 0.1) is 13.8 Å². The SMILES string of the molecule is Cc1cc(C)cc(N2CCC(C)NCC2C)c1. The molecule has 1 N–H and O–H groups in total. The Morgan fingerprint density at radius 3 is 2.41 bits per heavy atom. The fourth-order valence-corrected chi connectivity index (χ4v) is 2.64. The van der Waals surface area contributed by atoms with E-state index in [1.807, 2.05) is 0 Å². The second-order valence-electron chi connectivity index (χ2n) is 5.49. The van der Waals surface area contributed by atoms with E-state index in [1.165, 1.54) is 23.2 Å². The second kappa shape index (κ2) is 5.09. The molecule has 1 aliphatic rings. The molecule has 0 spiro atoms.